The van der Waals surface area contributed by atoms with E-state index in [-0.39, 0.29) is 25.9 Å². The van der Waals surface area contributed by atoms with E-state index in [2.05, 4.69) is 20.0 Å². The van der Waals surface area contributed by atoms with Crippen molar-refractivity contribution in [1.82, 2.24) is 19.7 Å². The van der Waals surface area contributed by atoms with Crippen LogP contribution in [0.5, 0.6) is 0 Å². The molecule has 0 aliphatic carbocycles. The summed E-state index contributed by atoms with van der Waals surface area (Å²) in [4.78, 5) is 13.1. The molecule has 2 aliphatic heterocycles. The van der Waals surface area contributed by atoms with Gasteiger partial charge in [0.15, 0.2) is 0 Å². The summed E-state index contributed by atoms with van der Waals surface area (Å²) in [7, 11) is 0. The number of nitrogen functional groups attached to an aromatic ring is 1. The highest BCUT2D eigenvalue weighted by atomic mass is 19.3. The van der Waals surface area contributed by atoms with E-state index in [1.54, 1.807) is 17.8 Å². The molecule has 2 aromatic heterocycles. The summed E-state index contributed by atoms with van der Waals surface area (Å²) < 4.78 is 43.3. The van der Waals surface area contributed by atoms with Gasteiger partial charge in [0, 0.05) is 62.2 Å². The first kappa shape index (κ1) is 23.4. The monoisotopic (exact) mass is 485 g/mol. The molecule has 5 rings (SSSR count). The quantitative estimate of drug-likeness (QED) is 0.536. The molecule has 2 aliphatic rings. The number of anilines is 3. The van der Waals surface area contributed by atoms with Gasteiger partial charge < -0.3 is 15.5 Å². The van der Waals surface area contributed by atoms with Crippen LogP contribution < -0.4 is 15.5 Å². The second-order valence-corrected chi connectivity index (χ2v) is 9.86. The van der Waals surface area contributed by atoms with Crippen LogP contribution in [0.15, 0.2) is 36.7 Å². The van der Waals surface area contributed by atoms with E-state index in [9.17, 15) is 13.2 Å². The molecule has 0 spiro atoms. The Kier molecular flexibility index (Phi) is 5.85. The molecule has 2 N–H and O–H groups in total. The number of aromatic nitrogens is 4. The molecule has 4 heterocycles. The van der Waals surface area contributed by atoms with E-state index < -0.39 is 11.6 Å². The van der Waals surface area contributed by atoms with Gasteiger partial charge in [-0.1, -0.05) is 0 Å². The third-order valence-electron chi connectivity index (χ3n) is 6.89. The molecule has 0 saturated carbocycles. The van der Waals surface area contributed by atoms with Crippen LogP contribution in [0.2, 0.25) is 0 Å². The maximum Gasteiger partial charge on any atom is 0.251 e. The normalized spacial score (nSPS) is 19.7. The van der Waals surface area contributed by atoms with Crippen molar-refractivity contribution in [3.05, 3.63) is 42.4 Å². The largest absolute Gasteiger partial charge is 0.399 e. The van der Waals surface area contributed by atoms with Crippen molar-refractivity contribution in [2.24, 2.45) is 0 Å². The maximum atomic E-state index is 14.4. The number of halogens is 3. The zero-order valence-electron chi connectivity index (χ0n) is 20.0. The topological polar surface area (TPSA) is 76.1 Å². The predicted molar refractivity (Wildman–Crippen MR) is 131 cm³/mol. The van der Waals surface area contributed by atoms with Crippen molar-refractivity contribution < 1.29 is 13.2 Å². The number of hydrogen-bond donors (Lipinski definition) is 1. The van der Waals surface area contributed by atoms with Crippen molar-refractivity contribution >= 4 is 17.3 Å². The Hall–Kier alpha value is -3.30. The lowest BCUT2D eigenvalue weighted by Gasteiger charge is -2.36. The zero-order valence-corrected chi connectivity index (χ0v) is 20.0. The molecule has 7 nitrogen and oxygen atoms in total. The number of benzene rings is 1. The number of nitrogens with zero attached hydrogens (tertiary/aromatic N) is 6. The van der Waals surface area contributed by atoms with Crippen LogP contribution in [0, 0.1) is 6.92 Å². The molecular weight excluding hydrogens is 455 g/mol. The minimum Gasteiger partial charge on any atom is -0.399 e. The van der Waals surface area contributed by atoms with Crippen LogP contribution >= 0.6 is 0 Å². The molecule has 0 bridgehead atoms. The third-order valence-corrected chi connectivity index (χ3v) is 6.89. The van der Waals surface area contributed by atoms with Gasteiger partial charge in [0.1, 0.15) is 5.67 Å². The lowest BCUT2D eigenvalue weighted by molar-refractivity contribution is -0.0222. The van der Waals surface area contributed by atoms with Gasteiger partial charge in [-0.25, -0.2) is 27.8 Å². The molecule has 0 unspecified atom stereocenters. The van der Waals surface area contributed by atoms with Gasteiger partial charge in [-0.15, -0.1) is 0 Å². The van der Waals surface area contributed by atoms with Gasteiger partial charge in [0.2, 0.25) is 5.95 Å². The van der Waals surface area contributed by atoms with E-state index in [0.29, 0.717) is 43.3 Å². The summed E-state index contributed by atoms with van der Waals surface area (Å²) in [6, 6.07) is 7.49. The number of aryl methyl sites for hydroxylation is 1. The van der Waals surface area contributed by atoms with Crippen LogP contribution in [0.25, 0.3) is 16.9 Å². The summed E-state index contributed by atoms with van der Waals surface area (Å²) in [6.07, 6.45) is 4.12. The molecule has 10 heteroatoms. The van der Waals surface area contributed by atoms with Crippen molar-refractivity contribution in [3.8, 4) is 16.9 Å². The molecule has 0 amide bonds. The van der Waals surface area contributed by atoms with E-state index in [4.69, 9.17) is 5.73 Å². The highest BCUT2D eigenvalue weighted by Gasteiger charge is 2.35. The van der Waals surface area contributed by atoms with Crippen molar-refractivity contribution in [1.29, 1.82) is 0 Å². The molecule has 0 atom stereocenters. The number of rotatable bonds is 4. The molecule has 0 radical (unpaired) electrons. The van der Waals surface area contributed by atoms with E-state index in [0.717, 1.165) is 22.6 Å². The zero-order chi connectivity index (χ0) is 24.8. The summed E-state index contributed by atoms with van der Waals surface area (Å²) in [5.74, 6) is -2.17. The summed E-state index contributed by atoms with van der Waals surface area (Å²) in [5, 5.41) is 4.57. The van der Waals surface area contributed by atoms with Gasteiger partial charge in [0.05, 0.1) is 23.3 Å². The Morgan fingerprint density at radius 2 is 1.57 bits per heavy atom. The van der Waals surface area contributed by atoms with Crippen LogP contribution in [0.4, 0.5) is 30.5 Å². The van der Waals surface area contributed by atoms with E-state index in [1.807, 2.05) is 42.3 Å². The predicted octanol–water partition coefficient (Wildman–Crippen LogP) is 4.78. The van der Waals surface area contributed by atoms with Crippen LogP contribution in [0.1, 0.15) is 38.3 Å². The highest BCUT2D eigenvalue weighted by molar-refractivity contribution is 5.69. The molecule has 2 fully saturated rings. The average Bonchev–Trinajstić information content (AvgIpc) is 3.29. The first-order chi connectivity index (χ1) is 16.6. The van der Waals surface area contributed by atoms with Crippen molar-refractivity contribution in [2.75, 3.05) is 41.7 Å². The Morgan fingerprint density at radius 3 is 2.29 bits per heavy atom. The second kappa shape index (κ2) is 8.73. The standard InChI is InChI=1S/C25H30F3N7/c1-17-13-20(32-23(31-17)34-11-7-25(27,28)8-12-34)18-15-30-35(16-18)21-4-3-19(29)14-22(21)33-9-5-24(2,26)6-10-33/h3-4,13-16H,5-12,29H2,1-2H3. The smallest absolute Gasteiger partial charge is 0.251 e. The Balaban J connectivity index is 1.43. The van der Waals surface area contributed by atoms with Gasteiger partial charge in [0.25, 0.3) is 5.92 Å². The lowest BCUT2D eigenvalue weighted by atomic mass is 9.95. The minimum atomic E-state index is -2.63. The molecule has 1 aromatic carbocycles. The highest BCUT2D eigenvalue weighted by Crippen LogP contribution is 2.34. The summed E-state index contributed by atoms with van der Waals surface area (Å²) in [5.41, 5.74) is 9.54. The second-order valence-electron chi connectivity index (χ2n) is 9.86. The van der Waals surface area contributed by atoms with Gasteiger partial charge in [-0.2, -0.15) is 5.10 Å². The van der Waals surface area contributed by atoms with E-state index in [1.165, 1.54) is 0 Å². The fourth-order valence-electron chi connectivity index (χ4n) is 4.66. The Morgan fingerprint density at radius 1 is 0.886 bits per heavy atom. The van der Waals surface area contributed by atoms with Crippen molar-refractivity contribution in [2.45, 2.75) is 51.1 Å². The first-order valence-electron chi connectivity index (χ1n) is 12.0. The maximum absolute atomic E-state index is 14.4. The number of hydrogen-bond acceptors (Lipinski definition) is 6. The fourth-order valence-corrected chi connectivity index (χ4v) is 4.66. The fraction of sp³-hybridized carbons (Fsp3) is 0.480. The molecule has 3 aromatic rings. The summed E-state index contributed by atoms with van der Waals surface area (Å²) in [6.45, 7) is 5.15. The molecule has 2 saturated heterocycles. The van der Waals surface area contributed by atoms with Gasteiger partial charge in [-0.05, 0) is 51.0 Å². The number of nitrogens with two attached hydrogens (primary N) is 1. The molecule has 35 heavy (non-hydrogen) atoms. The summed E-state index contributed by atoms with van der Waals surface area (Å²) >= 11 is 0. The number of alkyl halides is 3. The first-order valence-corrected chi connectivity index (χ1v) is 12.0. The molecule has 186 valence electrons. The van der Waals surface area contributed by atoms with Crippen LogP contribution in [0.3, 0.4) is 0 Å². The third kappa shape index (κ3) is 5.06. The lowest BCUT2D eigenvalue weighted by Crippen LogP contribution is -2.40. The average molecular weight is 486 g/mol. The number of piperidine rings is 2. The minimum absolute atomic E-state index is 0.199. The Bertz CT molecular complexity index is 1200. The Labute approximate surface area is 202 Å². The van der Waals surface area contributed by atoms with Crippen LogP contribution in [-0.2, 0) is 0 Å². The van der Waals surface area contributed by atoms with E-state index >= 15 is 0 Å². The van der Waals surface area contributed by atoms with Gasteiger partial charge >= 0.3 is 0 Å². The van der Waals surface area contributed by atoms with Crippen LogP contribution in [-0.4, -0.2) is 57.5 Å². The SMILES string of the molecule is Cc1cc(-c2cnn(-c3ccc(N)cc3N3CCC(C)(F)CC3)c2)nc(N2CCC(F)(F)CC2)n1. The van der Waals surface area contributed by atoms with Gasteiger partial charge in [-0.3, -0.25) is 0 Å². The van der Waals surface area contributed by atoms with Crippen molar-refractivity contribution in [3.63, 3.8) is 0 Å². The molecular formula is C25H30F3N7.